The van der Waals surface area contributed by atoms with Crippen LogP contribution in [-0.4, -0.2) is 0 Å². The first-order valence-corrected chi connectivity index (χ1v) is 6.87. The molecule has 11 heavy (non-hydrogen) atoms. The first-order chi connectivity index (χ1) is 4.93. The molecule has 0 saturated carbocycles. The van der Waals surface area contributed by atoms with Crippen LogP contribution in [0.2, 0.25) is 0 Å². The van der Waals surface area contributed by atoms with Crippen LogP contribution in [0.25, 0.3) is 0 Å². The quantitative estimate of drug-likeness (QED) is 0.510. The summed E-state index contributed by atoms with van der Waals surface area (Å²) in [6.45, 7) is 5.47. The van der Waals surface area contributed by atoms with E-state index in [4.69, 9.17) is 34.1 Å². The van der Waals surface area contributed by atoms with Crippen LogP contribution in [0.4, 0.5) is 0 Å². The molecule has 0 N–H and O–H groups in total. The number of allylic oxidation sites excluding steroid dienone is 2. The number of halogens is 3. The van der Waals surface area contributed by atoms with Gasteiger partial charge in [0.15, 0.2) is 0 Å². The Kier molecular flexibility index (Phi) is 4.81. The van der Waals surface area contributed by atoms with Crippen molar-refractivity contribution in [1.29, 1.82) is 0 Å². The summed E-state index contributed by atoms with van der Waals surface area (Å²) in [5.41, 5.74) is 1.72. The average Bonchev–Trinajstić information content (AvgIpc) is 1.86. The summed E-state index contributed by atoms with van der Waals surface area (Å²) in [5.74, 6) is -3.27. The summed E-state index contributed by atoms with van der Waals surface area (Å²) in [7, 11) is 0. The fourth-order valence-corrected chi connectivity index (χ4v) is 3.02. The highest BCUT2D eigenvalue weighted by Crippen LogP contribution is 2.65. The van der Waals surface area contributed by atoms with Crippen molar-refractivity contribution in [3.8, 4) is 0 Å². The Hall–Kier alpha value is 0.580. The van der Waals surface area contributed by atoms with Crippen LogP contribution in [-0.2, 0) is 4.57 Å². The van der Waals surface area contributed by atoms with Crippen LogP contribution in [0.1, 0.15) is 13.3 Å². The highest BCUT2D eigenvalue weighted by Gasteiger charge is 2.22. The zero-order valence-corrected chi connectivity index (χ0v) is 9.14. The van der Waals surface area contributed by atoms with E-state index in [1.54, 1.807) is 0 Å². The van der Waals surface area contributed by atoms with Crippen LogP contribution in [0.3, 0.4) is 0 Å². The number of rotatable bonds is 3. The third-order valence-electron chi connectivity index (χ3n) is 1.17. The molecular formula is C6H8Cl3OP. The summed E-state index contributed by atoms with van der Waals surface area (Å²) in [6, 6.07) is 0. The summed E-state index contributed by atoms with van der Waals surface area (Å²) in [6.07, 6.45) is 0.627. The van der Waals surface area contributed by atoms with Crippen LogP contribution < -0.4 is 0 Å². The Labute approximate surface area is 81.0 Å². The average molecular weight is 233 g/mol. The Morgan fingerprint density at radius 3 is 2.18 bits per heavy atom. The summed E-state index contributed by atoms with van der Waals surface area (Å²) >= 11 is 16.1. The van der Waals surface area contributed by atoms with Gasteiger partial charge in [-0.3, -0.25) is 4.57 Å². The molecular weight excluding hydrogens is 225 g/mol. The molecule has 0 amide bonds. The van der Waals surface area contributed by atoms with Gasteiger partial charge in [-0.15, -0.1) is 0 Å². The highest BCUT2D eigenvalue weighted by atomic mass is 35.9. The fraction of sp³-hybridized carbons (Fsp3) is 0.333. The van der Waals surface area contributed by atoms with Crippen molar-refractivity contribution in [2.45, 2.75) is 13.3 Å². The van der Waals surface area contributed by atoms with Gasteiger partial charge in [-0.05, 0) is 34.5 Å². The molecule has 0 fully saturated rings. The van der Waals surface area contributed by atoms with E-state index in [0.29, 0.717) is 12.0 Å². The minimum Gasteiger partial charge on any atom is -0.284 e. The zero-order valence-electron chi connectivity index (χ0n) is 5.98. The summed E-state index contributed by atoms with van der Waals surface area (Å²) < 4.78 is 11.1. The Bertz CT molecular complexity index is 228. The largest absolute Gasteiger partial charge is 0.284 e. The molecule has 64 valence electrons. The smallest absolute Gasteiger partial charge is 0.283 e. The van der Waals surface area contributed by atoms with Gasteiger partial charge < -0.3 is 0 Å². The topological polar surface area (TPSA) is 17.1 Å². The van der Waals surface area contributed by atoms with Crippen LogP contribution >= 0.6 is 39.9 Å². The lowest BCUT2D eigenvalue weighted by Gasteiger charge is -2.07. The van der Waals surface area contributed by atoms with E-state index in [9.17, 15) is 4.57 Å². The van der Waals surface area contributed by atoms with Crippen molar-refractivity contribution in [2.75, 3.05) is 0 Å². The molecule has 0 atom stereocenters. The molecule has 0 aromatic rings. The molecule has 0 spiro atoms. The lowest BCUT2D eigenvalue weighted by Crippen LogP contribution is -1.80. The first-order valence-electron chi connectivity index (χ1n) is 2.92. The lowest BCUT2D eigenvalue weighted by molar-refractivity contribution is 0.596. The van der Waals surface area contributed by atoms with Gasteiger partial charge in [0.1, 0.15) is 0 Å². The SMILES string of the molecule is C=C(CC)/C(=C\Cl)P(=O)(Cl)Cl. The van der Waals surface area contributed by atoms with Crippen molar-refractivity contribution >= 4 is 39.9 Å². The van der Waals surface area contributed by atoms with Gasteiger partial charge in [-0.25, -0.2) is 0 Å². The number of hydrogen-bond acceptors (Lipinski definition) is 1. The van der Waals surface area contributed by atoms with Gasteiger partial charge in [-0.2, -0.15) is 0 Å². The van der Waals surface area contributed by atoms with Crippen LogP contribution in [0.15, 0.2) is 23.0 Å². The van der Waals surface area contributed by atoms with Crippen LogP contribution in [0, 0.1) is 0 Å². The standard InChI is InChI=1S/C6H8Cl3OP/c1-3-5(2)6(4-7)11(8,9)10/h4H,2-3H2,1H3/b6-4+. The maximum atomic E-state index is 11.1. The van der Waals surface area contributed by atoms with Crippen molar-refractivity contribution < 1.29 is 4.57 Å². The molecule has 5 heteroatoms. The Morgan fingerprint density at radius 2 is 2.09 bits per heavy atom. The minimum absolute atomic E-state index is 0.241. The third-order valence-corrected chi connectivity index (χ3v) is 3.64. The fourth-order valence-electron chi connectivity index (χ4n) is 0.499. The van der Waals surface area contributed by atoms with Gasteiger partial charge in [-0.1, -0.05) is 25.1 Å². The first kappa shape index (κ1) is 11.6. The lowest BCUT2D eigenvalue weighted by atomic mass is 10.2. The molecule has 0 aliphatic carbocycles. The van der Waals surface area contributed by atoms with Gasteiger partial charge in [0.05, 0.1) is 5.31 Å². The van der Waals surface area contributed by atoms with Crippen LogP contribution in [0.5, 0.6) is 0 Å². The maximum absolute atomic E-state index is 11.1. The second-order valence-corrected chi connectivity index (χ2v) is 6.91. The normalized spacial score (nSPS) is 13.3. The second-order valence-electron chi connectivity index (χ2n) is 1.91. The third kappa shape index (κ3) is 3.66. The molecule has 0 radical (unpaired) electrons. The molecule has 0 aromatic carbocycles. The molecule has 0 saturated heterocycles. The molecule has 0 aliphatic rings. The monoisotopic (exact) mass is 232 g/mol. The van der Waals surface area contributed by atoms with Gasteiger partial charge in [0.2, 0.25) is 0 Å². The molecule has 0 rings (SSSR count). The van der Waals surface area contributed by atoms with E-state index in [-0.39, 0.29) is 5.31 Å². The molecule has 0 unspecified atom stereocenters. The van der Waals surface area contributed by atoms with E-state index in [2.05, 4.69) is 6.58 Å². The second kappa shape index (κ2) is 4.57. The van der Waals surface area contributed by atoms with Gasteiger partial charge in [0.25, 0.3) is 5.85 Å². The Balaban J connectivity index is 4.73. The predicted molar refractivity (Wildman–Crippen MR) is 52.7 cm³/mol. The maximum Gasteiger partial charge on any atom is 0.283 e. The van der Waals surface area contributed by atoms with Crippen molar-refractivity contribution in [3.63, 3.8) is 0 Å². The van der Waals surface area contributed by atoms with E-state index in [0.717, 1.165) is 5.54 Å². The molecule has 1 nitrogen and oxygen atoms in total. The van der Waals surface area contributed by atoms with Crippen molar-refractivity contribution in [3.05, 3.63) is 23.0 Å². The summed E-state index contributed by atoms with van der Waals surface area (Å²) in [4.78, 5) is 0. The van der Waals surface area contributed by atoms with E-state index in [1.807, 2.05) is 6.92 Å². The molecule has 0 heterocycles. The van der Waals surface area contributed by atoms with E-state index < -0.39 is 5.85 Å². The van der Waals surface area contributed by atoms with Crippen molar-refractivity contribution in [1.82, 2.24) is 0 Å². The number of hydrogen-bond donors (Lipinski definition) is 0. The zero-order chi connectivity index (χ0) is 9.07. The minimum atomic E-state index is -3.27. The van der Waals surface area contributed by atoms with E-state index in [1.165, 1.54) is 0 Å². The van der Waals surface area contributed by atoms with Gasteiger partial charge in [0, 0.05) is 5.54 Å². The summed E-state index contributed by atoms with van der Waals surface area (Å²) in [5, 5.41) is 0.241. The molecule has 0 aromatic heterocycles. The van der Waals surface area contributed by atoms with E-state index >= 15 is 0 Å². The molecule has 0 bridgehead atoms. The van der Waals surface area contributed by atoms with Gasteiger partial charge >= 0.3 is 0 Å². The molecule has 0 aliphatic heterocycles. The predicted octanol–water partition coefficient (Wildman–Crippen LogP) is 4.70. The van der Waals surface area contributed by atoms with Crippen molar-refractivity contribution in [2.24, 2.45) is 0 Å². The highest BCUT2D eigenvalue weighted by molar-refractivity contribution is 8.11. The Morgan fingerprint density at radius 1 is 1.64 bits per heavy atom.